The molecule has 0 radical (unpaired) electrons. The Labute approximate surface area is 185 Å². The van der Waals surface area contributed by atoms with Crippen molar-refractivity contribution < 1.29 is 0 Å². The summed E-state index contributed by atoms with van der Waals surface area (Å²) < 4.78 is 0. The molecule has 2 aliphatic rings. The van der Waals surface area contributed by atoms with Gasteiger partial charge in [0.25, 0.3) is 0 Å². The minimum atomic E-state index is 0. The van der Waals surface area contributed by atoms with Crippen molar-refractivity contribution in [1.29, 1.82) is 0 Å². The van der Waals surface area contributed by atoms with Crippen molar-refractivity contribution in [3.05, 3.63) is 35.5 Å². The number of aromatic amines is 1. The van der Waals surface area contributed by atoms with Gasteiger partial charge in [-0.1, -0.05) is 25.1 Å². The lowest BCUT2D eigenvalue weighted by atomic mass is 10.1. The molecule has 1 aliphatic heterocycles. The highest BCUT2D eigenvalue weighted by Crippen LogP contribution is 2.33. The molecule has 6 heteroatoms. The molecule has 1 saturated carbocycles. The summed E-state index contributed by atoms with van der Waals surface area (Å²) in [7, 11) is 1.87. The van der Waals surface area contributed by atoms with E-state index < -0.39 is 0 Å². The maximum absolute atomic E-state index is 4.44. The second-order valence-electron chi connectivity index (χ2n) is 8.11. The van der Waals surface area contributed by atoms with Gasteiger partial charge in [0.1, 0.15) is 0 Å². The van der Waals surface area contributed by atoms with Crippen molar-refractivity contribution in [1.82, 2.24) is 20.5 Å². The fraction of sp³-hybridized carbons (Fsp3) is 0.591. The average molecular weight is 495 g/mol. The minimum Gasteiger partial charge on any atom is -0.361 e. The third-order valence-electron chi connectivity index (χ3n) is 6.16. The Kier molecular flexibility index (Phi) is 7.25. The molecule has 28 heavy (non-hydrogen) atoms. The van der Waals surface area contributed by atoms with Gasteiger partial charge in [0.15, 0.2) is 5.96 Å². The van der Waals surface area contributed by atoms with Crippen molar-refractivity contribution in [2.24, 2.45) is 4.99 Å². The highest BCUT2D eigenvalue weighted by atomic mass is 127. The number of hydrogen-bond donors (Lipinski definition) is 3. The van der Waals surface area contributed by atoms with Crippen LogP contribution >= 0.6 is 24.0 Å². The second-order valence-corrected chi connectivity index (χ2v) is 8.11. The van der Waals surface area contributed by atoms with Crippen LogP contribution in [-0.2, 0) is 12.8 Å². The number of halogens is 1. The quantitative estimate of drug-likeness (QED) is 0.326. The third-order valence-corrected chi connectivity index (χ3v) is 6.16. The Morgan fingerprint density at radius 2 is 2.11 bits per heavy atom. The topological polar surface area (TPSA) is 55.5 Å². The van der Waals surface area contributed by atoms with Crippen molar-refractivity contribution in [2.45, 2.75) is 64.1 Å². The number of rotatable bonds is 6. The van der Waals surface area contributed by atoms with Crippen LogP contribution in [0.15, 0.2) is 29.4 Å². The zero-order valence-corrected chi connectivity index (χ0v) is 19.6. The predicted molar refractivity (Wildman–Crippen MR) is 129 cm³/mol. The number of likely N-dealkylation sites (tertiary alicyclic amines) is 1. The lowest BCUT2D eigenvalue weighted by molar-refractivity contribution is 0.256. The van der Waals surface area contributed by atoms with Gasteiger partial charge < -0.3 is 15.6 Å². The molecule has 1 aromatic heterocycles. The fourth-order valence-electron chi connectivity index (χ4n) is 4.56. The first-order valence-electron chi connectivity index (χ1n) is 10.5. The molecule has 3 N–H and O–H groups in total. The molecular formula is C22H34IN5. The monoisotopic (exact) mass is 495 g/mol. The highest BCUT2D eigenvalue weighted by molar-refractivity contribution is 14.0. The molecule has 1 aliphatic carbocycles. The summed E-state index contributed by atoms with van der Waals surface area (Å²) in [4.78, 5) is 10.6. The summed E-state index contributed by atoms with van der Waals surface area (Å²) in [6.45, 7) is 6.60. The molecule has 0 bridgehead atoms. The Balaban J connectivity index is 0.00000225. The van der Waals surface area contributed by atoms with E-state index in [9.17, 15) is 0 Å². The van der Waals surface area contributed by atoms with Crippen LogP contribution < -0.4 is 10.6 Å². The molecule has 2 heterocycles. The first kappa shape index (κ1) is 21.4. The van der Waals surface area contributed by atoms with E-state index in [0.29, 0.717) is 12.1 Å². The first-order valence-corrected chi connectivity index (χ1v) is 10.5. The van der Waals surface area contributed by atoms with E-state index in [2.05, 4.69) is 63.8 Å². The average Bonchev–Trinajstić information content (AvgIpc) is 3.34. The van der Waals surface area contributed by atoms with Crippen LogP contribution in [0.2, 0.25) is 0 Å². The number of fused-ring (bicyclic) bond motifs is 1. The zero-order chi connectivity index (χ0) is 18.8. The van der Waals surface area contributed by atoms with Gasteiger partial charge >= 0.3 is 0 Å². The standard InChI is InChI=1S/C22H33N5.HI/c1-4-16-6-5-7-20-17(13-25-21(16)20)10-11-24-22(23-3)26-18-12-15(2)27(14-18)19-8-9-19;/h5-7,13,15,18-19,25H,4,8-12,14H2,1-3H3,(H2,23,24,26);1H. The van der Waals surface area contributed by atoms with Crippen LogP contribution in [0.3, 0.4) is 0 Å². The van der Waals surface area contributed by atoms with Gasteiger partial charge in [0.2, 0.25) is 0 Å². The molecule has 1 aromatic carbocycles. The fourth-order valence-corrected chi connectivity index (χ4v) is 4.56. The molecule has 2 aromatic rings. The number of aromatic nitrogens is 1. The number of hydrogen-bond acceptors (Lipinski definition) is 2. The number of benzene rings is 1. The summed E-state index contributed by atoms with van der Waals surface area (Å²) in [5.74, 6) is 0.930. The molecular weight excluding hydrogens is 461 g/mol. The summed E-state index contributed by atoms with van der Waals surface area (Å²) in [6, 6.07) is 8.63. The summed E-state index contributed by atoms with van der Waals surface area (Å²) in [5, 5.41) is 8.49. The van der Waals surface area contributed by atoms with Crippen LogP contribution in [0.1, 0.15) is 44.2 Å². The van der Waals surface area contributed by atoms with E-state index in [1.807, 2.05) is 7.05 Å². The molecule has 1 saturated heterocycles. The molecule has 2 fully saturated rings. The number of nitrogens with zero attached hydrogens (tertiary/aromatic N) is 2. The summed E-state index contributed by atoms with van der Waals surface area (Å²) in [5.41, 5.74) is 4.05. The number of aryl methyl sites for hydroxylation is 1. The number of para-hydroxylation sites is 1. The predicted octanol–water partition coefficient (Wildman–Crippen LogP) is 3.68. The van der Waals surface area contributed by atoms with Gasteiger partial charge in [0.05, 0.1) is 0 Å². The maximum atomic E-state index is 4.44. The third kappa shape index (κ3) is 4.64. The van der Waals surface area contributed by atoms with Gasteiger partial charge in [-0.3, -0.25) is 9.89 Å². The molecule has 0 spiro atoms. The van der Waals surface area contributed by atoms with Crippen molar-refractivity contribution in [2.75, 3.05) is 20.1 Å². The highest BCUT2D eigenvalue weighted by Gasteiger charge is 2.38. The minimum absolute atomic E-state index is 0. The van der Waals surface area contributed by atoms with Crippen molar-refractivity contribution in [3.8, 4) is 0 Å². The van der Waals surface area contributed by atoms with E-state index in [-0.39, 0.29) is 24.0 Å². The van der Waals surface area contributed by atoms with E-state index >= 15 is 0 Å². The molecule has 5 nitrogen and oxygen atoms in total. The second kappa shape index (κ2) is 9.48. The van der Waals surface area contributed by atoms with E-state index in [1.165, 1.54) is 41.3 Å². The smallest absolute Gasteiger partial charge is 0.191 e. The Bertz CT molecular complexity index is 810. The number of guanidine groups is 1. The molecule has 0 amide bonds. The largest absolute Gasteiger partial charge is 0.361 e. The molecule has 2 unspecified atom stereocenters. The van der Waals surface area contributed by atoms with Gasteiger partial charge in [-0.25, -0.2) is 0 Å². The van der Waals surface area contributed by atoms with Crippen LogP contribution in [-0.4, -0.2) is 54.1 Å². The van der Waals surface area contributed by atoms with E-state index in [1.54, 1.807) is 0 Å². The van der Waals surface area contributed by atoms with Crippen LogP contribution in [0.5, 0.6) is 0 Å². The van der Waals surface area contributed by atoms with Gasteiger partial charge in [-0.2, -0.15) is 0 Å². The van der Waals surface area contributed by atoms with Crippen LogP contribution in [0.4, 0.5) is 0 Å². The van der Waals surface area contributed by atoms with Crippen molar-refractivity contribution >= 4 is 40.8 Å². The normalized spacial score (nSPS) is 23.0. The van der Waals surface area contributed by atoms with Crippen molar-refractivity contribution in [3.63, 3.8) is 0 Å². The van der Waals surface area contributed by atoms with Gasteiger partial charge in [-0.15, -0.1) is 24.0 Å². The molecule has 2 atom stereocenters. The van der Waals surface area contributed by atoms with Crippen LogP contribution in [0, 0.1) is 0 Å². The maximum Gasteiger partial charge on any atom is 0.191 e. The SMILES string of the molecule is CCc1cccc2c(CCNC(=NC)NC3CC(C)N(C4CC4)C3)c[nH]c12.I. The molecule has 4 rings (SSSR count). The van der Waals surface area contributed by atoms with E-state index in [4.69, 9.17) is 0 Å². The Morgan fingerprint density at radius 3 is 2.82 bits per heavy atom. The van der Waals surface area contributed by atoms with Gasteiger partial charge in [0, 0.05) is 55.4 Å². The summed E-state index contributed by atoms with van der Waals surface area (Å²) in [6.07, 6.45) is 8.18. The van der Waals surface area contributed by atoms with Crippen LogP contribution in [0.25, 0.3) is 10.9 Å². The number of aliphatic imine (C=N–C) groups is 1. The molecule has 154 valence electrons. The lowest BCUT2D eigenvalue weighted by Crippen LogP contribution is -2.45. The zero-order valence-electron chi connectivity index (χ0n) is 17.3. The lowest BCUT2D eigenvalue weighted by Gasteiger charge is -2.20. The number of H-pyrrole nitrogens is 1. The number of nitrogens with one attached hydrogen (secondary N) is 3. The van der Waals surface area contributed by atoms with E-state index in [0.717, 1.165) is 37.9 Å². The Hall–Kier alpha value is -1.28. The Morgan fingerprint density at radius 1 is 1.29 bits per heavy atom. The summed E-state index contributed by atoms with van der Waals surface area (Å²) >= 11 is 0. The van der Waals surface area contributed by atoms with Gasteiger partial charge in [-0.05, 0) is 50.2 Å². The first-order chi connectivity index (χ1) is 13.2.